The molecule has 1 saturated heterocycles. The van der Waals surface area contributed by atoms with Gasteiger partial charge >= 0.3 is 6.03 Å². The van der Waals surface area contributed by atoms with E-state index >= 15 is 0 Å². The van der Waals surface area contributed by atoms with Gasteiger partial charge in [0.25, 0.3) is 5.91 Å². The zero-order valence-corrected chi connectivity index (χ0v) is 18.0. The number of urea groups is 1. The lowest BCUT2D eigenvalue weighted by Gasteiger charge is -2.21. The average Bonchev–Trinajstić information content (AvgIpc) is 3.27. The molecular formula is C24H32N4O3. The third kappa shape index (κ3) is 5.27. The van der Waals surface area contributed by atoms with Crippen LogP contribution in [0, 0.1) is 0 Å². The first kappa shape index (κ1) is 21.4. The van der Waals surface area contributed by atoms with E-state index in [-0.39, 0.29) is 30.3 Å². The van der Waals surface area contributed by atoms with Crippen molar-refractivity contribution in [3.8, 4) is 0 Å². The van der Waals surface area contributed by atoms with Crippen molar-refractivity contribution in [1.82, 2.24) is 20.5 Å². The Balaban J connectivity index is 1.25. The zero-order valence-electron chi connectivity index (χ0n) is 18.0. The Hall–Kier alpha value is -2.83. The predicted octanol–water partition coefficient (Wildman–Crippen LogP) is 3.64. The van der Waals surface area contributed by atoms with Crippen LogP contribution in [0.2, 0.25) is 0 Å². The number of H-pyrrole nitrogens is 1. The minimum Gasteiger partial charge on any atom is -0.361 e. The Morgan fingerprint density at radius 2 is 1.81 bits per heavy atom. The molecule has 1 aromatic carbocycles. The summed E-state index contributed by atoms with van der Waals surface area (Å²) in [6, 6.07) is 7.25. The Kier molecular flexibility index (Phi) is 6.89. The van der Waals surface area contributed by atoms with Crippen LogP contribution >= 0.6 is 0 Å². The second kappa shape index (κ2) is 9.98. The van der Waals surface area contributed by atoms with E-state index in [0.29, 0.717) is 19.4 Å². The molecule has 2 fully saturated rings. The molecule has 1 aliphatic heterocycles. The predicted molar refractivity (Wildman–Crippen MR) is 120 cm³/mol. The summed E-state index contributed by atoms with van der Waals surface area (Å²) in [6.07, 6.45) is 11.3. The van der Waals surface area contributed by atoms with Crippen LogP contribution < -0.4 is 10.6 Å². The van der Waals surface area contributed by atoms with Crippen molar-refractivity contribution in [2.45, 2.75) is 76.3 Å². The fourth-order valence-electron chi connectivity index (χ4n) is 4.73. The first-order chi connectivity index (χ1) is 15.1. The van der Waals surface area contributed by atoms with E-state index in [1.54, 1.807) is 0 Å². The number of nitrogens with zero attached hydrogens (tertiary/aromatic N) is 1. The molecule has 1 atom stereocenters. The molecule has 2 heterocycles. The molecule has 0 unspecified atom stereocenters. The van der Waals surface area contributed by atoms with Crippen molar-refractivity contribution in [3.05, 3.63) is 36.0 Å². The smallest absolute Gasteiger partial charge is 0.324 e. The highest BCUT2D eigenvalue weighted by Gasteiger charge is 2.37. The van der Waals surface area contributed by atoms with Gasteiger partial charge in [-0.05, 0) is 37.3 Å². The van der Waals surface area contributed by atoms with Crippen LogP contribution in [0.3, 0.4) is 0 Å². The van der Waals surface area contributed by atoms with E-state index < -0.39 is 6.04 Å². The molecule has 1 saturated carbocycles. The second-order valence-corrected chi connectivity index (χ2v) is 8.75. The fraction of sp³-hybridized carbons (Fsp3) is 0.542. The normalized spacial score (nSPS) is 20.5. The van der Waals surface area contributed by atoms with Crippen molar-refractivity contribution < 1.29 is 14.4 Å². The number of carbonyl (C=O) groups excluding carboxylic acids is 3. The van der Waals surface area contributed by atoms with Gasteiger partial charge in [0.1, 0.15) is 6.04 Å². The monoisotopic (exact) mass is 424 g/mol. The maximum absolute atomic E-state index is 12.7. The number of aromatic nitrogens is 1. The number of fused-ring (bicyclic) bond motifs is 1. The molecule has 2 aromatic rings. The molecular weight excluding hydrogens is 392 g/mol. The Morgan fingerprint density at radius 3 is 2.61 bits per heavy atom. The SMILES string of the molecule is O=C(CC[C@@H]1NC(=O)N(CCc2c[nH]c3ccccc23)C1=O)NC1CCCCCCC1. The maximum atomic E-state index is 12.7. The van der Waals surface area contributed by atoms with Gasteiger partial charge in [0, 0.05) is 36.1 Å². The Morgan fingerprint density at radius 1 is 1.06 bits per heavy atom. The molecule has 0 radical (unpaired) electrons. The topological polar surface area (TPSA) is 94.3 Å². The first-order valence-corrected chi connectivity index (χ1v) is 11.6. The number of rotatable bonds is 7. The van der Waals surface area contributed by atoms with Crippen LogP contribution in [-0.4, -0.2) is 46.4 Å². The molecule has 166 valence electrons. The molecule has 4 amide bonds. The van der Waals surface area contributed by atoms with Crippen LogP contribution in [0.1, 0.15) is 63.4 Å². The lowest BCUT2D eigenvalue weighted by Crippen LogP contribution is -2.37. The molecule has 2 aliphatic rings. The highest BCUT2D eigenvalue weighted by atomic mass is 16.2. The van der Waals surface area contributed by atoms with Gasteiger partial charge in [0.05, 0.1) is 0 Å². The standard InChI is InChI=1S/C24H32N4O3/c29-22(26-18-8-4-2-1-3-5-9-18)13-12-21-23(30)28(24(31)27-21)15-14-17-16-25-20-11-7-6-10-19(17)20/h6-7,10-11,16,18,21,25H,1-5,8-9,12-15H2,(H,26,29)(H,27,31)/t21-/m0/s1. The lowest BCUT2D eigenvalue weighted by atomic mass is 9.96. The number of hydrogen-bond donors (Lipinski definition) is 3. The third-order valence-corrected chi connectivity index (χ3v) is 6.52. The first-order valence-electron chi connectivity index (χ1n) is 11.6. The lowest BCUT2D eigenvalue weighted by molar-refractivity contribution is -0.127. The molecule has 1 aliphatic carbocycles. The number of nitrogens with one attached hydrogen (secondary N) is 3. The van der Waals surface area contributed by atoms with Crippen molar-refractivity contribution in [1.29, 1.82) is 0 Å². The van der Waals surface area contributed by atoms with Crippen LogP contribution in [0.15, 0.2) is 30.5 Å². The number of amides is 4. The van der Waals surface area contributed by atoms with Crippen LogP contribution in [0.4, 0.5) is 4.79 Å². The summed E-state index contributed by atoms with van der Waals surface area (Å²) < 4.78 is 0. The molecule has 0 spiro atoms. The molecule has 7 nitrogen and oxygen atoms in total. The highest BCUT2D eigenvalue weighted by Crippen LogP contribution is 2.20. The molecule has 7 heteroatoms. The zero-order chi connectivity index (χ0) is 21.6. The van der Waals surface area contributed by atoms with E-state index in [9.17, 15) is 14.4 Å². The van der Waals surface area contributed by atoms with E-state index in [4.69, 9.17) is 0 Å². The number of carbonyl (C=O) groups is 3. The second-order valence-electron chi connectivity index (χ2n) is 8.75. The Bertz CT molecular complexity index is 930. The van der Waals surface area contributed by atoms with Gasteiger partial charge in [-0.25, -0.2) is 4.79 Å². The number of benzene rings is 1. The van der Waals surface area contributed by atoms with Gasteiger partial charge < -0.3 is 15.6 Å². The summed E-state index contributed by atoms with van der Waals surface area (Å²) >= 11 is 0. The largest absolute Gasteiger partial charge is 0.361 e. The van der Waals surface area contributed by atoms with Crippen molar-refractivity contribution in [2.75, 3.05) is 6.54 Å². The molecule has 0 bridgehead atoms. The van der Waals surface area contributed by atoms with Gasteiger partial charge in [-0.1, -0.05) is 50.3 Å². The van der Waals surface area contributed by atoms with Gasteiger partial charge in [-0.2, -0.15) is 0 Å². The quantitative estimate of drug-likeness (QED) is 0.592. The van der Waals surface area contributed by atoms with Crippen molar-refractivity contribution in [2.24, 2.45) is 0 Å². The summed E-state index contributed by atoms with van der Waals surface area (Å²) in [5.41, 5.74) is 2.13. The summed E-state index contributed by atoms with van der Waals surface area (Å²) in [7, 11) is 0. The number of para-hydroxylation sites is 1. The average molecular weight is 425 g/mol. The van der Waals surface area contributed by atoms with Gasteiger partial charge in [-0.15, -0.1) is 0 Å². The summed E-state index contributed by atoms with van der Waals surface area (Å²) in [4.78, 5) is 42.0. The van der Waals surface area contributed by atoms with E-state index in [1.807, 2.05) is 30.5 Å². The minimum atomic E-state index is -0.612. The Labute approximate surface area is 182 Å². The van der Waals surface area contributed by atoms with Crippen molar-refractivity contribution >= 4 is 28.7 Å². The minimum absolute atomic E-state index is 0.0233. The highest BCUT2D eigenvalue weighted by molar-refractivity contribution is 6.04. The summed E-state index contributed by atoms with van der Waals surface area (Å²) in [5, 5.41) is 6.98. The molecule has 31 heavy (non-hydrogen) atoms. The van der Waals surface area contributed by atoms with Crippen LogP contribution in [0.5, 0.6) is 0 Å². The number of aromatic amines is 1. The molecule has 4 rings (SSSR count). The number of hydrogen-bond acceptors (Lipinski definition) is 3. The molecule has 1 aromatic heterocycles. The summed E-state index contributed by atoms with van der Waals surface area (Å²) in [5.74, 6) is -0.256. The van der Waals surface area contributed by atoms with Crippen LogP contribution in [-0.2, 0) is 16.0 Å². The van der Waals surface area contributed by atoms with Gasteiger partial charge in [0.2, 0.25) is 5.91 Å². The summed E-state index contributed by atoms with van der Waals surface area (Å²) in [6.45, 7) is 0.331. The van der Waals surface area contributed by atoms with E-state index in [1.165, 1.54) is 24.2 Å². The third-order valence-electron chi connectivity index (χ3n) is 6.52. The van der Waals surface area contributed by atoms with Gasteiger partial charge in [0.15, 0.2) is 0 Å². The maximum Gasteiger partial charge on any atom is 0.324 e. The van der Waals surface area contributed by atoms with Crippen LogP contribution in [0.25, 0.3) is 10.9 Å². The van der Waals surface area contributed by atoms with Crippen molar-refractivity contribution in [3.63, 3.8) is 0 Å². The van der Waals surface area contributed by atoms with Gasteiger partial charge in [-0.3, -0.25) is 14.5 Å². The molecule has 3 N–H and O–H groups in total. The number of imide groups is 1. The van der Waals surface area contributed by atoms with E-state index in [0.717, 1.165) is 42.1 Å². The van der Waals surface area contributed by atoms with E-state index in [2.05, 4.69) is 15.6 Å². The fourth-order valence-corrected chi connectivity index (χ4v) is 4.73.